The first-order valence-electron chi connectivity index (χ1n) is 13.1. The molecule has 0 unspecified atom stereocenters. The number of alkyl halides is 3. The molecule has 0 amide bonds. The minimum atomic E-state index is -4.76. The maximum atomic E-state index is 12.7. The van der Waals surface area contributed by atoms with E-state index >= 15 is 0 Å². The van der Waals surface area contributed by atoms with Gasteiger partial charge in [0.25, 0.3) is 0 Å². The minimum absolute atomic E-state index is 0.114. The number of hydrogen-bond acceptors (Lipinski definition) is 5. The Labute approximate surface area is 234 Å². The minimum Gasteiger partial charge on any atom is -0.489 e. The fourth-order valence-electron chi connectivity index (χ4n) is 4.60. The van der Waals surface area contributed by atoms with Gasteiger partial charge in [0.2, 0.25) is 0 Å². The molecule has 5 rings (SSSR count). The van der Waals surface area contributed by atoms with E-state index in [1.165, 1.54) is 12.1 Å². The molecule has 5 aromatic rings. The molecule has 0 N–H and O–H groups in total. The number of imidazole rings is 1. The van der Waals surface area contributed by atoms with E-state index in [1.807, 2.05) is 77.4 Å². The second-order valence-corrected chi connectivity index (χ2v) is 9.23. The molecule has 6 nitrogen and oxygen atoms in total. The van der Waals surface area contributed by atoms with Crippen LogP contribution >= 0.6 is 0 Å². The molecule has 0 spiro atoms. The Morgan fingerprint density at radius 1 is 0.829 bits per heavy atom. The van der Waals surface area contributed by atoms with E-state index in [4.69, 9.17) is 14.5 Å². The lowest BCUT2D eigenvalue weighted by molar-refractivity contribution is -0.274. The predicted molar refractivity (Wildman–Crippen MR) is 149 cm³/mol. The van der Waals surface area contributed by atoms with E-state index in [0.29, 0.717) is 30.3 Å². The van der Waals surface area contributed by atoms with E-state index in [1.54, 1.807) is 19.1 Å². The zero-order valence-corrected chi connectivity index (χ0v) is 22.2. The molecule has 0 atom stereocenters. The van der Waals surface area contributed by atoms with Gasteiger partial charge in [-0.3, -0.25) is 4.79 Å². The van der Waals surface area contributed by atoms with Crippen molar-refractivity contribution < 1.29 is 32.2 Å². The normalized spacial score (nSPS) is 11.4. The zero-order valence-electron chi connectivity index (χ0n) is 22.2. The molecule has 0 saturated heterocycles. The Balaban J connectivity index is 1.43. The summed E-state index contributed by atoms with van der Waals surface area (Å²) in [5.41, 5.74) is 4.96. The average molecular weight is 561 g/mol. The number of halogens is 3. The van der Waals surface area contributed by atoms with Crippen molar-refractivity contribution in [2.75, 3.05) is 6.61 Å². The third-order valence-electron chi connectivity index (χ3n) is 6.44. The van der Waals surface area contributed by atoms with Crippen molar-refractivity contribution >= 4 is 17.0 Å². The van der Waals surface area contributed by atoms with E-state index in [9.17, 15) is 18.0 Å². The van der Waals surface area contributed by atoms with Crippen LogP contribution in [0.2, 0.25) is 0 Å². The number of carbonyl (C=O) groups is 1. The SMILES string of the molecule is CCOC(=O)Cc1ccccc1OCc1ccccc1Cn1c(-c2ccc(OC(F)(F)F)cc2)nc2ccccc21. The van der Waals surface area contributed by atoms with E-state index in [-0.39, 0.29) is 24.7 Å². The molecule has 1 aromatic heterocycles. The molecule has 0 saturated carbocycles. The van der Waals surface area contributed by atoms with Crippen LogP contribution in [0.15, 0.2) is 97.1 Å². The number of carbonyl (C=O) groups excluding carboxylic acids is 1. The Morgan fingerprint density at radius 3 is 2.22 bits per heavy atom. The molecule has 0 fully saturated rings. The number of benzene rings is 4. The Hall–Kier alpha value is -4.79. The highest BCUT2D eigenvalue weighted by atomic mass is 19.4. The smallest absolute Gasteiger partial charge is 0.489 e. The fourth-order valence-corrected chi connectivity index (χ4v) is 4.60. The van der Waals surface area contributed by atoms with Crippen LogP contribution in [0.4, 0.5) is 13.2 Å². The highest BCUT2D eigenvalue weighted by molar-refractivity contribution is 5.81. The number of hydrogen-bond donors (Lipinski definition) is 0. The maximum Gasteiger partial charge on any atom is 0.573 e. The Morgan fingerprint density at radius 2 is 1.49 bits per heavy atom. The largest absolute Gasteiger partial charge is 0.573 e. The Bertz CT molecular complexity index is 1650. The first-order valence-corrected chi connectivity index (χ1v) is 13.1. The summed E-state index contributed by atoms with van der Waals surface area (Å²) in [5.74, 6) is 0.599. The van der Waals surface area contributed by atoms with Crippen molar-refractivity contribution in [2.45, 2.75) is 32.9 Å². The summed E-state index contributed by atoms with van der Waals surface area (Å²) in [6, 6.07) is 28.6. The summed E-state index contributed by atoms with van der Waals surface area (Å²) in [4.78, 5) is 16.8. The van der Waals surface area contributed by atoms with Crippen LogP contribution in [-0.4, -0.2) is 28.5 Å². The maximum absolute atomic E-state index is 12.7. The monoisotopic (exact) mass is 560 g/mol. The lowest BCUT2D eigenvalue weighted by Gasteiger charge is -2.16. The van der Waals surface area contributed by atoms with E-state index in [2.05, 4.69) is 4.74 Å². The molecular formula is C32H27F3N2O4. The molecule has 9 heteroatoms. The lowest BCUT2D eigenvalue weighted by atomic mass is 10.1. The van der Waals surface area contributed by atoms with Crippen LogP contribution < -0.4 is 9.47 Å². The van der Waals surface area contributed by atoms with Crippen LogP contribution in [0.5, 0.6) is 11.5 Å². The Kier molecular flexibility index (Phi) is 8.24. The summed E-state index contributed by atoms with van der Waals surface area (Å²) in [7, 11) is 0. The highest BCUT2D eigenvalue weighted by Gasteiger charge is 2.31. The van der Waals surface area contributed by atoms with Crippen LogP contribution in [0, 0.1) is 0 Å². The van der Waals surface area contributed by atoms with Crippen molar-refractivity contribution in [3.8, 4) is 22.9 Å². The van der Waals surface area contributed by atoms with Crippen molar-refractivity contribution in [1.29, 1.82) is 0 Å². The second kappa shape index (κ2) is 12.2. The molecule has 1 heterocycles. The molecule has 0 radical (unpaired) electrons. The van der Waals surface area contributed by atoms with Gasteiger partial charge >= 0.3 is 12.3 Å². The summed E-state index contributed by atoms with van der Waals surface area (Å²) in [6.07, 6.45) is -4.65. The predicted octanol–water partition coefficient (Wildman–Crippen LogP) is 7.33. The molecular weight excluding hydrogens is 533 g/mol. The van der Waals surface area contributed by atoms with Crippen LogP contribution in [0.25, 0.3) is 22.4 Å². The summed E-state index contributed by atoms with van der Waals surface area (Å²) < 4.78 is 55.3. The number of esters is 1. The molecule has 0 aliphatic carbocycles. The van der Waals surface area contributed by atoms with Gasteiger partial charge in [0.05, 0.1) is 30.6 Å². The van der Waals surface area contributed by atoms with Crippen LogP contribution in [0.3, 0.4) is 0 Å². The van der Waals surface area contributed by atoms with Gasteiger partial charge in [-0.05, 0) is 60.5 Å². The highest BCUT2D eigenvalue weighted by Crippen LogP contribution is 2.30. The van der Waals surface area contributed by atoms with Crippen molar-refractivity contribution in [1.82, 2.24) is 9.55 Å². The molecule has 210 valence electrons. The lowest BCUT2D eigenvalue weighted by Crippen LogP contribution is -2.17. The number of ether oxygens (including phenoxy) is 3. The number of aromatic nitrogens is 2. The number of rotatable bonds is 10. The van der Waals surface area contributed by atoms with Gasteiger partial charge in [-0.25, -0.2) is 4.98 Å². The van der Waals surface area contributed by atoms with Gasteiger partial charge in [0, 0.05) is 11.1 Å². The molecule has 0 bridgehead atoms. The topological polar surface area (TPSA) is 62.6 Å². The van der Waals surface area contributed by atoms with Crippen molar-refractivity contribution in [3.63, 3.8) is 0 Å². The molecule has 0 aliphatic heterocycles. The van der Waals surface area contributed by atoms with Gasteiger partial charge in [0.1, 0.15) is 23.9 Å². The summed E-state index contributed by atoms with van der Waals surface area (Å²) >= 11 is 0. The van der Waals surface area contributed by atoms with Gasteiger partial charge in [-0.1, -0.05) is 54.6 Å². The summed E-state index contributed by atoms with van der Waals surface area (Å²) in [6.45, 7) is 2.79. The van der Waals surface area contributed by atoms with Gasteiger partial charge < -0.3 is 18.8 Å². The van der Waals surface area contributed by atoms with Crippen LogP contribution in [0.1, 0.15) is 23.6 Å². The zero-order chi connectivity index (χ0) is 28.8. The first kappa shape index (κ1) is 27.8. The summed E-state index contributed by atoms with van der Waals surface area (Å²) in [5, 5.41) is 0. The first-order chi connectivity index (χ1) is 19.8. The molecule has 4 aromatic carbocycles. The fraction of sp³-hybridized carbons (Fsp3) is 0.188. The number of para-hydroxylation sites is 3. The quantitative estimate of drug-likeness (QED) is 0.167. The number of nitrogens with zero attached hydrogens (tertiary/aromatic N) is 2. The standard InChI is InChI=1S/C32H27F3N2O4/c1-2-39-30(38)19-23-9-5-8-14-29(23)40-21-25-11-4-3-10-24(25)20-37-28-13-7-6-12-27(28)36-31(37)22-15-17-26(18-16-22)41-32(33,34)35/h3-18H,2,19-21H2,1H3. The van der Waals surface area contributed by atoms with Gasteiger partial charge in [-0.15, -0.1) is 13.2 Å². The van der Waals surface area contributed by atoms with E-state index < -0.39 is 6.36 Å². The van der Waals surface area contributed by atoms with Gasteiger partial charge in [-0.2, -0.15) is 0 Å². The second-order valence-electron chi connectivity index (χ2n) is 9.23. The average Bonchev–Trinajstić information content (AvgIpc) is 3.31. The third-order valence-corrected chi connectivity index (χ3v) is 6.44. The van der Waals surface area contributed by atoms with E-state index in [0.717, 1.165) is 27.7 Å². The molecule has 41 heavy (non-hydrogen) atoms. The third kappa shape index (κ3) is 6.87. The van der Waals surface area contributed by atoms with Crippen molar-refractivity contribution in [3.05, 3.63) is 114 Å². The number of fused-ring (bicyclic) bond motifs is 1. The van der Waals surface area contributed by atoms with Crippen molar-refractivity contribution in [2.24, 2.45) is 0 Å². The van der Waals surface area contributed by atoms with Gasteiger partial charge in [0.15, 0.2) is 0 Å². The van der Waals surface area contributed by atoms with Crippen LogP contribution in [-0.2, 0) is 29.1 Å². The molecule has 0 aliphatic rings.